The van der Waals surface area contributed by atoms with Crippen LogP contribution in [0.25, 0.3) is 11.4 Å². The Balaban J connectivity index is 1.96. The van der Waals surface area contributed by atoms with Gasteiger partial charge in [0.2, 0.25) is 0 Å². The Bertz CT molecular complexity index is 1360. The molecule has 0 spiro atoms. The summed E-state index contributed by atoms with van der Waals surface area (Å²) in [6.07, 6.45) is 0. The fourth-order valence-corrected chi connectivity index (χ4v) is 4.79. The number of thiazole rings is 1. The zero-order valence-corrected chi connectivity index (χ0v) is 20.1. The summed E-state index contributed by atoms with van der Waals surface area (Å²) in [5.41, 5.74) is 3.94. The quantitative estimate of drug-likeness (QED) is 0.447. The molecular weight excluding hydrogens is 420 g/mol. The number of hydrogen-bond donors (Lipinski definition) is 0. The van der Waals surface area contributed by atoms with Gasteiger partial charge < -0.3 is 4.74 Å². The predicted octanol–water partition coefficient (Wildman–Crippen LogP) is 4.88. The molecule has 0 aliphatic heterocycles. The molecule has 32 heavy (non-hydrogen) atoms. The first-order valence-electron chi connectivity index (χ1n) is 10.5. The van der Waals surface area contributed by atoms with Crippen LogP contribution < -0.4 is 15.1 Å². The third-order valence-electron chi connectivity index (χ3n) is 5.54. The molecule has 7 heteroatoms. The number of rotatable bonds is 4. The van der Waals surface area contributed by atoms with Crippen LogP contribution in [0.4, 0.5) is 5.69 Å². The molecule has 2 aromatic heterocycles. The second-order valence-electron chi connectivity index (χ2n) is 8.71. The van der Waals surface area contributed by atoms with Gasteiger partial charge in [0.1, 0.15) is 5.75 Å². The van der Waals surface area contributed by atoms with Crippen LogP contribution >= 0.6 is 11.3 Å². The van der Waals surface area contributed by atoms with E-state index in [9.17, 15) is 4.79 Å². The van der Waals surface area contributed by atoms with Crippen LogP contribution in [0.15, 0.2) is 69.8 Å². The van der Waals surface area contributed by atoms with E-state index in [0.717, 1.165) is 33.3 Å². The van der Waals surface area contributed by atoms with Gasteiger partial charge in [0.15, 0.2) is 10.5 Å². The lowest BCUT2D eigenvalue weighted by atomic mass is 9.93. The SMILES string of the molecule is COc1ccc(-n2c(C(C)(C)C)csc2=Nc2c(C)n(C)n(-c3ccccc3)c2=O)cc1. The number of aromatic nitrogens is 3. The minimum Gasteiger partial charge on any atom is -0.497 e. The molecule has 2 heterocycles. The van der Waals surface area contributed by atoms with Crippen LogP contribution in [-0.2, 0) is 12.5 Å². The van der Waals surface area contributed by atoms with Crippen LogP contribution in [-0.4, -0.2) is 21.0 Å². The molecule has 0 bridgehead atoms. The number of hydrogen-bond acceptors (Lipinski definition) is 4. The van der Waals surface area contributed by atoms with Crippen LogP contribution in [0.2, 0.25) is 0 Å². The van der Waals surface area contributed by atoms with Crippen molar-refractivity contribution in [3.63, 3.8) is 0 Å². The first kappa shape index (κ1) is 21.9. The maximum absolute atomic E-state index is 13.4. The number of ether oxygens (including phenoxy) is 1. The minimum atomic E-state index is -0.136. The van der Waals surface area contributed by atoms with Crippen molar-refractivity contribution in [1.29, 1.82) is 0 Å². The summed E-state index contributed by atoms with van der Waals surface area (Å²) in [4.78, 5) is 19.0. The summed E-state index contributed by atoms with van der Waals surface area (Å²) < 4.78 is 11.0. The van der Waals surface area contributed by atoms with Crippen molar-refractivity contribution in [2.24, 2.45) is 12.0 Å². The van der Waals surface area contributed by atoms with E-state index in [1.54, 1.807) is 11.8 Å². The van der Waals surface area contributed by atoms with Gasteiger partial charge in [-0.2, -0.15) is 0 Å². The number of benzene rings is 2. The maximum atomic E-state index is 13.4. The van der Waals surface area contributed by atoms with Gasteiger partial charge in [0.05, 0.1) is 18.5 Å². The molecule has 0 saturated carbocycles. The fourth-order valence-electron chi connectivity index (χ4n) is 3.66. The van der Waals surface area contributed by atoms with Gasteiger partial charge in [-0.25, -0.2) is 9.67 Å². The highest BCUT2D eigenvalue weighted by Gasteiger charge is 2.22. The minimum absolute atomic E-state index is 0.0970. The van der Waals surface area contributed by atoms with Gasteiger partial charge >= 0.3 is 0 Å². The van der Waals surface area contributed by atoms with Crippen molar-refractivity contribution < 1.29 is 4.74 Å². The maximum Gasteiger partial charge on any atom is 0.297 e. The molecule has 166 valence electrons. The van der Waals surface area contributed by atoms with Gasteiger partial charge in [0.25, 0.3) is 5.56 Å². The lowest BCUT2D eigenvalue weighted by molar-refractivity contribution is 0.414. The molecule has 4 aromatic rings. The van der Waals surface area contributed by atoms with Crippen molar-refractivity contribution >= 4 is 17.0 Å². The number of nitrogens with zero attached hydrogens (tertiary/aromatic N) is 4. The average molecular weight is 449 g/mol. The van der Waals surface area contributed by atoms with E-state index in [4.69, 9.17) is 9.73 Å². The highest BCUT2D eigenvalue weighted by molar-refractivity contribution is 7.07. The molecule has 6 nitrogen and oxygen atoms in total. The Labute approximate surface area is 191 Å². The summed E-state index contributed by atoms with van der Waals surface area (Å²) in [6.45, 7) is 8.45. The molecule has 0 unspecified atom stereocenters. The van der Waals surface area contributed by atoms with Crippen LogP contribution in [0.3, 0.4) is 0 Å². The van der Waals surface area contributed by atoms with Crippen molar-refractivity contribution in [2.75, 3.05) is 7.11 Å². The monoisotopic (exact) mass is 448 g/mol. The van der Waals surface area contributed by atoms with Crippen molar-refractivity contribution in [1.82, 2.24) is 13.9 Å². The first-order chi connectivity index (χ1) is 15.2. The van der Waals surface area contributed by atoms with E-state index in [1.165, 1.54) is 11.3 Å². The summed E-state index contributed by atoms with van der Waals surface area (Å²) >= 11 is 1.54. The highest BCUT2D eigenvalue weighted by Crippen LogP contribution is 2.27. The Morgan fingerprint density at radius 2 is 1.62 bits per heavy atom. The Hall–Kier alpha value is -3.32. The molecule has 2 aromatic carbocycles. The predicted molar refractivity (Wildman–Crippen MR) is 130 cm³/mol. The largest absolute Gasteiger partial charge is 0.497 e. The van der Waals surface area contributed by atoms with E-state index < -0.39 is 0 Å². The van der Waals surface area contributed by atoms with Crippen LogP contribution in [0.1, 0.15) is 32.2 Å². The molecule has 0 atom stereocenters. The molecule has 4 rings (SSSR count). The average Bonchev–Trinajstić information content (AvgIpc) is 3.30. The third kappa shape index (κ3) is 3.84. The first-order valence-corrected chi connectivity index (χ1v) is 11.3. The van der Waals surface area contributed by atoms with E-state index in [1.807, 2.05) is 73.3 Å². The summed E-state index contributed by atoms with van der Waals surface area (Å²) in [6, 6.07) is 17.5. The lowest BCUT2D eigenvalue weighted by Crippen LogP contribution is -2.23. The second-order valence-corrected chi connectivity index (χ2v) is 9.55. The molecule has 0 fully saturated rings. The van der Waals surface area contributed by atoms with Gasteiger partial charge in [-0.1, -0.05) is 39.0 Å². The normalized spacial score (nSPS) is 12.4. The Morgan fingerprint density at radius 1 is 0.969 bits per heavy atom. The summed E-state index contributed by atoms with van der Waals surface area (Å²) in [7, 11) is 3.54. The van der Waals surface area contributed by atoms with Crippen LogP contribution in [0, 0.1) is 6.92 Å². The van der Waals surface area contributed by atoms with E-state index in [2.05, 4.69) is 30.7 Å². The zero-order valence-electron chi connectivity index (χ0n) is 19.3. The molecular formula is C25H28N4O2S. The molecule has 0 saturated heterocycles. The fraction of sp³-hybridized carbons (Fsp3) is 0.280. The topological polar surface area (TPSA) is 53.4 Å². The zero-order chi connectivity index (χ0) is 23.0. The Kier molecular flexibility index (Phi) is 5.69. The van der Waals surface area contributed by atoms with Gasteiger partial charge in [-0.05, 0) is 43.3 Å². The lowest BCUT2D eigenvalue weighted by Gasteiger charge is -2.21. The van der Waals surface area contributed by atoms with E-state index in [-0.39, 0.29) is 11.0 Å². The van der Waals surface area contributed by atoms with E-state index >= 15 is 0 Å². The molecule has 0 radical (unpaired) electrons. The third-order valence-corrected chi connectivity index (χ3v) is 6.36. The molecule has 0 N–H and O–H groups in total. The van der Waals surface area contributed by atoms with Crippen LogP contribution in [0.5, 0.6) is 5.75 Å². The molecule has 0 amide bonds. The smallest absolute Gasteiger partial charge is 0.297 e. The molecule has 0 aliphatic carbocycles. The van der Waals surface area contributed by atoms with Crippen molar-refractivity contribution in [3.05, 3.63) is 86.5 Å². The molecule has 0 aliphatic rings. The van der Waals surface area contributed by atoms with Crippen molar-refractivity contribution in [3.8, 4) is 17.1 Å². The van der Waals surface area contributed by atoms with Gasteiger partial charge in [0, 0.05) is 29.2 Å². The number of methoxy groups -OCH3 is 1. The standard InChI is InChI=1S/C25H28N4O2S/c1-17-22(23(30)29(27(17)5)19-10-8-7-9-11-19)26-24-28(21(16-32-24)25(2,3)4)18-12-14-20(31-6)15-13-18/h7-16H,1-6H3. The van der Waals surface area contributed by atoms with Crippen molar-refractivity contribution in [2.45, 2.75) is 33.1 Å². The summed E-state index contributed by atoms with van der Waals surface area (Å²) in [5.74, 6) is 0.796. The number of para-hydroxylation sites is 1. The van der Waals surface area contributed by atoms with Gasteiger partial charge in [-0.3, -0.25) is 14.0 Å². The Morgan fingerprint density at radius 3 is 2.22 bits per heavy atom. The summed E-state index contributed by atoms with van der Waals surface area (Å²) in [5, 5.41) is 2.12. The highest BCUT2D eigenvalue weighted by atomic mass is 32.1. The second kappa shape index (κ2) is 8.31. The van der Waals surface area contributed by atoms with E-state index in [0.29, 0.717) is 5.69 Å². The van der Waals surface area contributed by atoms with Gasteiger partial charge in [-0.15, -0.1) is 11.3 Å².